The lowest BCUT2D eigenvalue weighted by Crippen LogP contribution is -2.18. The van der Waals surface area contributed by atoms with Crippen LogP contribution in [0, 0.1) is 13.8 Å². The summed E-state index contributed by atoms with van der Waals surface area (Å²) in [6.07, 6.45) is 1.79. The van der Waals surface area contributed by atoms with E-state index < -0.39 is 0 Å². The highest BCUT2D eigenvalue weighted by Crippen LogP contribution is 2.24. The zero-order valence-corrected chi connectivity index (χ0v) is 15.1. The SMILES string of the molecule is Cc1c(-c2ccccc2)[nH]n2c(=O)cc([C@H](C)Cn3nccc3C)nc12. The molecule has 3 aromatic heterocycles. The van der Waals surface area contributed by atoms with Crippen LogP contribution in [0.15, 0.2) is 53.5 Å². The first-order valence-corrected chi connectivity index (χ1v) is 8.70. The van der Waals surface area contributed by atoms with Crippen molar-refractivity contribution >= 4 is 5.65 Å². The number of hydrogen-bond acceptors (Lipinski definition) is 3. The molecule has 0 bridgehead atoms. The van der Waals surface area contributed by atoms with Gasteiger partial charge in [-0.1, -0.05) is 37.3 Å². The minimum absolute atomic E-state index is 0.0841. The average Bonchev–Trinajstić information content (AvgIpc) is 3.20. The summed E-state index contributed by atoms with van der Waals surface area (Å²) < 4.78 is 3.46. The fraction of sp³-hybridized carbons (Fsp3) is 0.250. The van der Waals surface area contributed by atoms with Crippen molar-refractivity contribution in [2.45, 2.75) is 33.2 Å². The Hall–Kier alpha value is -3.15. The molecule has 1 N–H and O–H groups in total. The Morgan fingerprint density at radius 2 is 1.92 bits per heavy atom. The number of fused-ring (bicyclic) bond motifs is 1. The van der Waals surface area contributed by atoms with Gasteiger partial charge >= 0.3 is 0 Å². The Balaban J connectivity index is 1.78. The van der Waals surface area contributed by atoms with E-state index in [1.807, 2.05) is 54.9 Å². The number of aryl methyl sites for hydroxylation is 2. The molecule has 0 aliphatic rings. The van der Waals surface area contributed by atoms with E-state index in [0.29, 0.717) is 12.2 Å². The molecule has 4 aromatic rings. The molecule has 0 spiro atoms. The van der Waals surface area contributed by atoms with Gasteiger partial charge in [0.25, 0.3) is 5.56 Å². The normalized spacial score (nSPS) is 12.6. The minimum atomic E-state index is -0.0979. The predicted octanol–water partition coefficient (Wildman–Crippen LogP) is 3.31. The van der Waals surface area contributed by atoms with Gasteiger partial charge in [0.1, 0.15) is 0 Å². The summed E-state index contributed by atoms with van der Waals surface area (Å²) in [5.41, 5.74) is 5.39. The molecule has 0 radical (unpaired) electrons. The predicted molar refractivity (Wildman–Crippen MR) is 101 cm³/mol. The summed E-state index contributed by atoms with van der Waals surface area (Å²) in [6, 6.07) is 13.6. The molecule has 0 amide bonds. The van der Waals surface area contributed by atoms with Gasteiger partial charge in [-0.15, -0.1) is 0 Å². The van der Waals surface area contributed by atoms with Crippen molar-refractivity contribution in [3.05, 3.63) is 76.0 Å². The van der Waals surface area contributed by atoms with Gasteiger partial charge in [0.05, 0.1) is 11.4 Å². The topological polar surface area (TPSA) is 68.0 Å². The van der Waals surface area contributed by atoms with Crippen LogP contribution < -0.4 is 5.56 Å². The number of H-pyrrole nitrogens is 1. The second-order valence-electron chi connectivity index (χ2n) is 6.71. The summed E-state index contributed by atoms with van der Waals surface area (Å²) in [4.78, 5) is 17.4. The molecule has 0 unspecified atom stereocenters. The molecule has 3 heterocycles. The number of nitrogens with one attached hydrogen (secondary N) is 1. The summed E-state index contributed by atoms with van der Waals surface area (Å²) in [7, 11) is 0. The van der Waals surface area contributed by atoms with Crippen LogP contribution in [0.4, 0.5) is 0 Å². The molecule has 26 heavy (non-hydrogen) atoms. The van der Waals surface area contributed by atoms with E-state index in [4.69, 9.17) is 4.98 Å². The Morgan fingerprint density at radius 3 is 2.62 bits per heavy atom. The standard InChI is InChI=1S/C20H21N5O/c1-13(12-24-14(2)9-10-21-24)17-11-18(26)25-20(22-17)15(3)19(23-25)16-7-5-4-6-8-16/h4-11,13,23H,12H2,1-3H3/t13-/m1/s1. The third kappa shape index (κ3) is 2.73. The minimum Gasteiger partial charge on any atom is -0.289 e. The molecular weight excluding hydrogens is 326 g/mol. The van der Waals surface area contributed by atoms with Crippen molar-refractivity contribution in [2.75, 3.05) is 0 Å². The molecule has 0 saturated carbocycles. The number of rotatable bonds is 4. The molecule has 0 fully saturated rings. The van der Waals surface area contributed by atoms with Crippen LogP contribution in [0.2, 0.25) is 0 Å². The monoisotopic (exact) mass is 347 g/mol. The van der Waals surface area contributed by atoms with Crippen molar-refractivity contribution in [3.8, 4) is 11.3 Å². The van der Waals surface area contributed by atoms with Gasteiger partial charge in [-0.2, -0.15) is 5.10 Å². The first kappa shape index (κ1) is 16.3. The molecule has 0 saturated heterocycles. The van der Waals surface area contributed by atoms with Gasteiger partial charge in [0.2, 0.25) is 0 Å². The van der Waals surface area contributed by atoms with Crippen molar-refractivity contribution in [3.63, 3.8) is 0 Å². The third-order valence-electron chi connectivity index (χ3n) is 4.82. The van der Waals surface area contributed by atoms with Crippen molar-refractivity contribution in [1.82, 2.24) is 24.4 Å². The Labute approximate surface area is 151 Å². The molecule has 1 aromatic carbocycles. The van der Waals surface area contributed by atoms with E-state index in [-0.39, 0.29) is 11.5 Å². The number of benzene rings is 1. The van der Waals surface area contributed by atoms with Gasteiger partial charge in [-0.3, -0.25) is 14.6 Å². The number of nitrogens with zero attached hydrogens (tertiary/aromatic N) is 4. The Bertz CT molecular complexity index is 1120. The van der Waals surface area contributed by atoms with Crippen LogP contribution in [-0.4, -0.2) is 24.4 Å². The fourth-order valence-corrected chi connectivity index (χ4v) is 3.25. The average molecular weight is 347 g/mol. The highest BCUT2D eigenvalue weighted by Gasteiger charge is 2.16. The first-order valence-electron chi connectivity index (χ1n) is 8.70. The quantitative estimate of drug-likeness (QED) is 0.616. The summed E-state index contributed by atoms with van der Waals surface area (Å²) in [5.74, 6) is 0.0841. The van der Waals surface area contributed by atoms with Gasteiger partial charge < -0.3 is 0 Å². The molecule has 132 valence electrons. The summed E-state index contributed by atoms with van der Waals surface area (Å²) >= 11 is 0. The summed E-state index contributed by atoms with van der Waals surface area (Å²) in [6.45, 7) is 6.77. The third-order valence-corrected chi connectivity index (χ3v) is 4.82. The Kier molecular flexibility index (Phi) is 3.95. The molecule has 1 atom stereocenters. The van der Waals surface area contributed by atoms with Crippen LogP contribution in [0.5, 0.6) is 0 Å². The van der Waals surface area contributed by atoms with E-state index in [0.717, 1.165) is 28.2 Å². The number of hydrogen-bond donors (Lipinski definition) is 1. The largest absolute Gasteiger partial charge is 0.289 e. The van der Waals surface area contributed by atoms with Crippen LogP contribution in [0.3, 0.4) is 0 Å². The maximum absolute atomic E-state index is 12.6. The van der Waals surface area contributed by atoms with E-state index >= 15 is 0 Å². The van der Waals surface area contributed by atoms with Crippen molar-refractivity contribution in [2.24, 2.45) is 0 Å². The Morgan fingerprint density at radius 1 is 1.15 bits per heavy atom. The van der Waals surface area contributed by atoms with Crippen LogP contribution in [-0.2, 0) is 6.54 Å². The molecule has 6 nitrogen and oxygen atoms in total. The zero-order chi connectivity index (χ0) is 18.3. The van der Waals surface area contributed by atoms with Crippen LogP contribution >= 0.6 is 0 Å². The zero-order valence-electron chi connectivity index (χ0n) is 15.1. The first-order chi connectivity index (χ1) is 12.5. The highest BCUT2D eigenvalue weighted by atomic mass is 16.1. The second kappa shape index (κ2) is 6.29. The van der Waals surface area contributed by atoms with E-state index in [2.05, 4.69) is 17.1 Å². The number of aromatic amines is 1. The maximum Gasteiger partial charge on any atom is 0.272 e. The van der Waals surface area contributed by atoms with Gasteiger partial charge in [0.15, 0.2) is 5.65 Å². The van der Waals surface area contributed by atoms with Crippen LogP contribution in [0.25, 0.3) is 16.9 Å². The smallest absolute Gasteiger partial charge is 0.272 e. The van der Waals surface area contributed by atoms with E-state index in [1.54, 1.807) is 12.3 Å². The number of aromatic nitrogens is 5. The summed E-state index contributed by atoms with van der Waals surface area (Å²) in [5, 5.41) is 7.52. The van der Waals surface area contributed by atoms with Gasteiger partial charge in [-0.25, -0.2) is 9.50 Å². The lowest BCUT2D eigenvalue weighted by atomic mass is 10.1. The molecule has 4 rings (SSSR count). The highest BCUT2D eigenvalue weighted by molar-refractivity contribution is 5.70. The molecule has 0 aliphatic heterocycles. The van der Waals surface area contributed by atoms with E-state index in [1.165, 1.54) is 4.52 Å². The van der Waals surface area contributed by atoms with Crippen molar-refractivity contribution < 1.29 is 0 Å². The molecule has 6 heteroatoms. The van der Waals surface area contributed by atoms with Crippen LogP contribution in [0.1, 0.15) is 29.8 Å². The molecular formula is C20H21N5O. The van der Waals surface area contributed by atoms with Crippen molar-refractivity contribution in [1.29, 1.82) is 0 Å². The fourth-order valence-electron chi connectivity index (χ4n) is 3.25. The second-order valence-corrected chi connectivity index (χ2v) is 6.71. The van der Waals surface area contributed by atoms with Gasteiger partial charge in [0, 0.05) is 36.0 Å². The lowest BCUT2D eigenvalue weighted by Gasteiger charge is -2.12. The van der Waals surface area contributed by atoms with Gasteiger partial charge in [-0.05, 0) is 25.5 Å². The maximum atomic E-state index is 12.6. The van der Waals surface area contributed by atoms with E-state index in [9.17, 15) is 4.79 Å². The molecule has 0 aliphatic carbocycles. The lowest BCUT2D eigenvalue weighted by molar-refractivity contribution is 0.523.